The number of hydrogen-bond acceptors (Lipinski definition) is 3. The molecule has 0 atom stereocenters. The molecular weight excluding hydrogens is 200 g/mol. The van der Waals surface area contributed by atoms with E-state index in [4.69, 9.17) is 15.3 Å². The number of phenolic OH excluding ortho intramolecular Hbond substituents is 1. The Labute approximate surface area is 86.6 Å². The maximum Gasteiger partial charge on any atom is 0.335 e. The van der Waals surface area contributed by atoms with Crippen LogP contribution < -0.4 is 0 Å². The molecule has 1 rings (SSSR count). The van der Waals surface area contributed by atoms with E-state index in [-0.39, 0.29) is 17.7 Å². The fourth-order valence-corrected chi connectivity index (χ4v) is 0.604. The molecule has 0 saturated heterocycles. The monoisotopic (exact) mass is 212 g/mol. The fraction of sp³-hybridized carbons (Fsp3) is 0.200. The Kier molecular flexibility index (Phi) is 5.55. The van der Waals surface area contributed by atoms with Crippen LogP contribution in [0.25, 0.3) is 0 Å². The third kappa shape index (κ3) is 6.09. The second-order valence-electron chi connectivity index (χ2n) is 2.60. The number of carbonyl (C=O) groups is 2. The average Bonchev–Trinajstić information content (AvgIpc) is 2.19. The lowest BCUT2D eigenvalue weighted by molar-refractivity contribution is -0.136. The zero-order valence-corrected chi connectivity index (χ0v) is 8.17. The van der Waals surface area contributed by atoms with Crippen molar-refractivity contribution < 1.29 is 24.9 Å². The molecule has 0 aromatic heterocycles. The van der Waals surface area contributed by atoms with E-state index in [2.05, 4.69) is 0 Å². The molecule has 0 fully saturated rings. The number of rotatable bonds is 2. The largest absolute Gasteiger partial charge is 0.508 e. The zero-order valence-electron chi connectivity index (χ0n) is 8.17. The normalized spacial score (nSPS) is 8.60. The van der Waals surface area contributed by atoms with Gasteiger partial charge in [-0.1, -0.05) is 6.92 Å². The quantitative estimate of drug-likeness (QED) is 0.691. The van der Waals surface area contributed by atoms with Crippen LogP contribution in [0.2, 0.25) is 0 Å². The Balaban J connectivity index is 0.000000336. The minimum absolute atomic E-state index is 0.0741. The third-order valence-corrected chi connectivity index (χ3v) is 1.42. The highest BCUT2D eigenvalue weighted by atomic mass is 16.4. The second-order valence-corrected chi connectivity index (χ2v) is 2.60. The van der Waals surface area contributed by atoms with Gasteiger partial charge in [-0.3, -0.25) is 4.79 Å². The van der Waals surface area contributed by atoms with E-state index in [9.17, 15) is 9.59 Å². The van der Waals surface area contributed by atoms with Gasteiger partial charge in [0.2, 0.25) is 0 Å². The van der Waals surface area contributed by atoms with Crippen molar-refractivity contribution in [1.82, 2.24) is 0 Å². The summed E-state index contributed by atoms with van der Waals surface area (Å²) >= 11 is 0. The van der Waals surface area contributed by atoms with Gasteiger partial charge in [0.05, 0.1) is 5.56 Å². The maximum atomic E-state index is 10.2. The van der Waals surface area contributed by atoms with Crippen LogP contribution >= 0.6 is 0 Å². The van der Waals surface area contributed by atoms with Gasteiger partial charge < -0.3 is 15.3 Å². The van der Waals surface area contributed by atoms with Crippen molar-refractivity contribution >= 4 is 11.9 Å². The number of benzene rings is 1. The molecule has 82 valence electrons. The molecule has 0 saturated carbocycles. The lowest BCUT2D eigenvalue weighted by Gasteiger charge is -1.92. The molecule has 0 bridgehead atoms. The third-order valence-electron chi connectivity index (χ3n) is 1.42. The number of phenols is 1. The smallest absolute Gasteiger partial charge is 0.335 e. The highest BCUT2D eigenvalue weighted by Crippen LogP contribution is 2.08. The minimum atomic E-state index is -0.986. The second kappa shape index (κ2) is 6.42. The molecule has 3 N–H and O–H groups in total. The molecule has 0 radical (unpaired) electrons. The summed E-state index contributed by atoms with van der Waals surface area (Å²) in [5.74, 6) is -1.66. The molecular formula is C10H12O5. The topological polar surface area (TPSA) is 94.8 Å². The van der Waals surface area contributed by atoms with Crippen LogP contribution in [-0.2, 0) is 4.79 Å². The first-order valence-corrected chi connectivity index (χ1v) is 4.21. The summed E-state index contributed by atoms with van der Waals surface area (Å²) in [5, 5.41) is 24.9. The highest BCUT2D eigenvalue weighted by molar-refractivity contribution is 5.87. The number of hydrogen-bond donors (Lipinski definition) is 3. The van der Waals surface area contributed by atoms with E-state index in [0.29, 0.717) is 0 Å². The molecule has 5 nitrogen and oxygen atoms in total. The molecule has 1 aromatic rings. The zero-order chi connectivity index (χ0) is 11.8. The highest BCUT2D eigenvalue weighted by Gasteiger charge is 1.99. The van der Waals surface area contributed by atoms with Crippen molar-refractivity contribution in [3.63, 3.8) is 0 Å². The molecule has 0 spiro atoms. The number of carboxylic acids is 2. The van der Waals surface area contributed by atoms with E-state index in [0.717, 1.165) is 0 Å². The van der Waals surface area contributed by atoms with Crippen molar-refractivity contribution in [3.05, 3.63) is 29.8 Å². The standard InChI is InChI=1S/C7H6O3.C3H6O2/c8-6-3-1-5(2-4-6)7(9)10;1-2-3(4)5/h1-4,8H,(H,9,10);2H2,1H3,(H,4,5). The summed E-state index contributed by atoms with van der Waals surface area (Å²) in [4.78, 5) is 19.6. The molecule has 15 heavy (non-hydrogen) atoms. The van der Waals surface area contributed by atoms with Gasteiger partial charge in [-0.25, -0.2) is 4.79 Å². The lowest BCUT2D eigenvalue weighted by atomic mass is 10.2. The first-order chi connectivity index (χ1) is 6.97. The number of aromatic carboxylic acids is 1. The molecule has 0 aliphatic carbocycles. The van der Waals surface area contributed by atoms with Crippen molar-refractivity contribution in [3.8, 4) is 5.75 Å². The summed E-state index contributed by atoms with van der Waals surface area (Å²) in [7, 11) is 0. The summed E-state index contributed by atoms with van der Waals surface area (Å²) < 4.78 is 0. The van der Waals surface area contributed by atoms with Crippen molar-refractivity contribution in [2.75, 3.05) is 0 Å². The molecule has 0 aliphatic rings. The van der Waals surface area contributed by atoms with Crippen LogP contribution in [-0.4, -0.2) is 27.3 Å². The number of carboxylic acid groups (broad SMARTS) is 2. The Morgan fingerprint density at radius 1 is 1.13 bits per heavy atom. The van der Waals surface area contributed by atoms with E-state index in [1.54, 1.807) is 6.92 Å². The van der Waals surface area contributed by atoms with Crippen molar-refractivity contribution in [1.29, 1.82) is 0 Å². The summed E-state index contributed by atoms with van der Waals surface area (Å²) in [6, 6.07) is 5.36. The van der Waals surface area contributed by atoms with Gasteiger partial charge in [0.1, 0.15) is 5.75 Å². The fourth-order valence-electron chi connectivity index (χ4n) is 0.604. The molecule has 5 heteroatoms. The van der Waals surface area contributed by atoms with Gasteiger partial charge in [0.25, 0.3) is 0 Å². The van der Waals surface area contributed by atoms with Gasteiger partial charge in [-0.2, -0.15) is 0 Å². The van der Waals surface area contributed by atoms with Gasteiger partial charge >= 0.3 is 11.9 Å². The Morgan fingerprint density at radius 3 is 1.80 bits per heavy atom. The SMILES string of the molecule is CCC(=O)O.O=C(O)c1ccc(O)cc1. The predicted molar refractivity (Wildman–Crippen MR) is 53.0 cm³/mol. The van der Waals surface area contributed by atoms with Crippen LogP contribution in [0.3, 0.4) is 0 Å². The van der Waals surface area contributed by atoms with Crippen LogP contribution in [0.5, 0.6) is 5.75 Å². The van der Waals surface area contributed by atoms with E-state index in [1.165, 1.54) is 24.3 Å². The summed E-state index contributed by atoms with van der Waals surface area (Å²) in [6.07, 6.45) is 0.222. The average molecular weight is 212 g/mol. The molecule has 0 amide bonds. The maximum absolute atomic E-state index is 10.2. The first kappa shape index (κ1) is 13.0. The Morgan fingerprint density at radius 2 is 1.53 bits per heavy atom. The van der Waals surface area contributed by atoms with E-state index >= 15 is 0 Å². The van der Waals surface area contributed by atoms with Gasteiger partial charge in [0, 0.05) is 6.42 Å². The Hall–Kier alpha value is -2.04. The molecule has 1 aromatic carbocycles. The lowest BCUT2D eigenvalue weighted by Crippen LogP contribution is -1.93. The van der Waals surface area contributed by atoms with Crippen molar-refractivity contribution in [2.45, 2.75) is 13.3 Å². The van der Waals surface area contributed by atoms with Gasteiger partial charge in [0.15, 0.2) is 0 Å². The van der Waals surface area contributed by atoms with Crippen LogP contribution in [0.1, 0.15) is 23.7 Å². The molecule has 0 unspecified atom stereocenters. The number of aliphatic carboxylic acids is 1. The number of aromatic hydroxyl groups is 1. The van der Waals surface area contributed by atoms with E-state index in [1.807, 2.05) is 0 Å². The van der Waals surface area contributed by atoms with Crippen LogP contribution in [0, 0.1) is 0 Å². The van der Waals surface area contributed by atoms with Crippen molar-refractivity contribution in [2.24, 2.45) is 0 Å². The molecule has 0 aliphatic heterocycles. The molecule has 0 heterocycles. The predicted octanol–water partition coefficient (Wildman–Crippen LogP) is 1.57. The Bertz CT molecular complexity index is 328. The van der Waals surface area contributed by atoms with Gasteiger partial charge in [-0.15, -0.1) is 0 Å². The van der Waals surface area contributed by atoms with Crippen LogP contribution in [0.15, 0.2) is 24.3 Å². The summed E-state index contributed by atoms with van der Waals surface area (Å²) in [5.41, 5.74) is 0.179. The summed E-state index contributed by atoms with van der Waals surface area (Å²) in [6.45, 7) is 1.60. The first-order valence-electron chi connectivity index (χ1n) is 4.21. The minimum Gasteiger partial charge on any atom is -0.508 e. The van der Waals surface area contributed by atoms with E-state index < -0.39 is 11.9 Å². The van der Waals surface area contributed by atoms with Gasteiger partial charge in [-0.05, 0) is 24.3 Å². The van der Waals surface area contributed by atoms with Crippen LogP contribution in [0.4, 0.5) is 0 Å².